The van der Waals surface area contributed by atoms with E-state index in [2.05, 4.69) is 26.0 Å². The highest BCUT2D eigenvalue weighted by Gasteiger charge is 2.25. The third kappa shape index (κ3) is 28.3. The summed E-state index contributed by atoms with van der Waals surface area (Å²) in [6.45, 7) is 4.60. The maximum absolute atomic E-state index is 12.6. The van der Waals surface area contributed by atoms with Crippen molar-refractivity contribution in [1.29, 1.82) is 0 Å². The highest BCUT2D eigenvalue weighted by atomic mass is 16.6. The molecule has 0 aliphatic rings. The van der Waals surface area contributed by atoms with Crippen LogP contribution in [-0.4, -0.2) is 75.5 Å². The van der Waals surface area contributed by atoms with Gasteiger partial charge in [-0.2, -0.15) is 0 Å². The number of nitrogens with zero attached hydrogens (tertiary/aromatic N) is 1. The van der Waals surface area contributed by atoms with Crippen LogP contribution in [0.1, 0.15) is 162 Å². The number of carboxylic acid groups (broad SMARTS) is 1. The predicted molar refractivity (Wildman–Crippen MR) is 185 cm³/mol. The molecule has 0 fully saturated rings. The zero-order valence-electron chi connectivity index (χ0n) is 30.5. The van der Waals surface area contributed by atoms with Gasteiger partial charge in [0.05, 0.1) is 40.3 Å². The van der Waals surface area contributed by atoms with E-state index >= 15 is 0 Å². The number of hydrogen-bond donors (Lipinski definition) is 0. The van der Waals surface area contributed by atoms with Gasteiger partial charge < -0.3 is 28.6 Å². The van der Waals surface area contributed by atoms with E-state index in [1.807, 2.05) is 0 Å². The number of quaternary nitrogens is 1. The van der Waals surface area contributed by atoms with Crippen molar-refractivity contribution in [2.75, 3.05) is 41.0 Å². The lowest BCUT2D eigenvalue weighted by molar-refractivity contribution is -0.889. The topological polar surface area (TPSA) is 102 Å². The van der Waals surface area contributed by atoms with E-state index in [4.69, 9.17) is 14.2 Å². The summed E-state index contributed by atoms with van der Waals surface area (Å²) in [7, 11) is 5.39. The summed E-state index contributed by atoms with van der Waals surface area (Å²) in [5.41, 5.74) is 0. The average Bonchev–Trinajstić information content (AvgIpc) is 3.00. The number of aliphatic carboxylic acids is 1. The van der Waals surface area contributed by atoms with E-state index in [0.717, 1.165) is 51.4 Å². The number of rotatable bonds is 33. The predicted octanol–water partition coefficient (Wildman–Crippen LogP) is 7.85. The van der Waals surface area contributed by atoms with Gasteiger partial charge in [0.1, 0.15) is 12.6 Å². The smallest absolute Gasteiger partial charge is 0.306 e. The molecule has 0 saturated carbocycles. The van der Waals surface area contributed by atoms with Crippen molar-refractivity contribution < 1.29 is 38.2 Å². The van der Waals surface area contributed by atoms with Gasteiger partial charge in [0, 0.05) is 19.3 Å². The van der Waals surface area contributed by atoms with Crippen LogP contribution in [0.5, 0.6) is 0 Å². The molecule has 0 aliphatic heterocycles. The van der Waals surface area contributed by atoms with Crippen molar-refractivity contribution in [3.05, 3.63) is 12.2 Å². The third-order valence-corrected chi connectivity index (χ3v) is 8.40. The van der Waals surface area contributed by atoms with Crippen LogP contribution in [0, 0.1) is 0 Å². The molecule has 0 aromatic heterocycles. The molecule has 0 radical (unpaired) electrons. The maximum atomic E-state index is 12.6. The molecule has 8 heteroatoms. The summed E-state index contributed by atoms with van der Waals surface area (Å²) in [6.07, 6.45) is 28.0. The molecule has 270 valence electrons. The number of esters is 2. The summed E-state index contributed by atoms with van der Waals surface area (Å²) >= 11 is 0. The molecule has 0 spiro atoms. The van der Waals surface area contributed by atoms with E-state index in [1.165, 1.54) is 77.0 Å². The van der Waals surface area contributed by atoms with Gasteiger partial charge in [-0.25, -0.2) is 0 Å². The SMILES string of the molecule is CCCCC/C=C\CCCCCCCC(=O)OC(COCCC(C(=O)[O-])[N+](C)(C)C)COC(=O)CCCCCCCCCCCC. The van der Waals surface area contributed by atoms with Crippen LogP contribution >= 0.6 is 0 Å². The lowest BCUT2D eigenvalue weighted by atomic mass is 10.1. The number of allylic oxidation sites excluding steroid dienone is 2. The quantitative estimate of drug-likeness (QED) is 0.0308. The fraction of sp³-hybridized carbons (Fsp3) is 0.868. The molecule has 2 unspecified atom stereocenters. The minimum Gasteiger partial charge on any atom is -0.544 e. The first kappa shape index (κ1) is 44.1. The Kier molecular flexibility index (Phi) is 29.1. The fourth-order valence-corrected chi connectivity index (χ4v) is 5.42. The Hall–Kier alpha value is -1.93. The monoisotopic (exact) mass is 654 g/mol. The molecule has 46 heavy (non-hydrogen) atoms. The number of ether oxygens (including phenoxy) is 3. The molecular weight excluding hydrogens is 582 g/mol. The standard InChI is InChI=1S/C38H71NO7/c1-6-8-10-12-14-16-18-19-21-23-25-27-29-37(41)46-34(32-44-31-30-35(38(42)43)39(3,4)5)33-45-36(40)28-26-24-22-20-17-15-13-11-9-7-2/h14,16,34-35H,6-13,15,17-33H2,1-5H3/b16-14-. The number of hydrogen-bond acceptors (Lipinski definition) is 7. The second-order valence-corrected chi connectivity index (χ2v) is 13.8. The first-order valence-electron chi connectivity index (χ1n) is 18.7. The van der Waals surface area contributed by atoms with Crippen molar-refractivity contribution in [1.82, 2.24) is 0 Å². The molecule has 2 atom stereocenters. The third-order valence-electron chi connectivity index (χ3n) is 8.40. The molecule has 0 aromatic rings. The van der Waals surface area contributed by atoms with Crippen molar-refractivity contribution >= 4 is 17.9 Å². The Balaban J connectivity index is 4.45. The van der Waals surface area contributed by atoms with E-state index in [1.54, 1.807) is 21.1 Å². The molecule has 0 saturated heterocycles. The van der Waals surface area contributed by atoms with Crippen molar-refractivity contribution in [3.63, 3.8) is 0 Å². The Labute approximate surface area is 282 Å². The number of carbonyl (C=O) groups excluding carboxylic acids is 3. The lowest BCUT2D eigenvalue weighted by Gasteiger charge is -2.34. The first-order chi connectivity index (χ1) is 22.1. The molecule has 0 amide bonds. The second-order valence-electron chi connectivity index (χ2n) is 13.8. The van der Waals surface area contributed by atoms with Crippen LogP contribution in [0.15, 0.2) is 12.2 Å². The van der Waals surface area contributed by atoms with Crippen molar-refractivity contribution in [2.45, 2.75) is 174 Å². The Morgan fingerprint density at radius 3 is 1.61 bits per heavy atom. The Morgan fingerprint density at radius 2 is 1.09 bits per heavy atom. The molecule has 0 bridgehead atoms. The largest absolute Gasteiger partial charge is 0.544 e. The lowest BCUT2D eigenvalue weighted by Crippen LogP contribution is -2.55. The van der Waals surface area contributed by atoms with Crippen molar-refractivity contribution in [2.24, 2.45) is 0 Å². The zero-order chi connectivity index (χ0) is 34.3. The van der Waals surface area contributed by atoms with Gasteiger partial charge in [-0.1, -0.05) is 116 Å². The van der Waals surface area contributed by atoms with E-state index in [0.29, 0.717) is 12.8 Å². The summed E-state index contributed by atoms with van der Waals surface area (Å²) in [5, 5.41) is 11.6. The Morgan fingerprint density at radius 1 is 0.630 bits per heavy atom. The van der Waals surface area contributed by atoms with Crippen LogP contribution in [0.25, 0.3) is 0 Å². The second kappa shape index (κ2) is 30.4. The van der Waals surface area contributed by atoms with Crippen LogP contribution in [-0.2, 0) is 28.6 Å². The highest BCUT2D eigenvalue weighted by Crippen LogP contribution is 2.13. The maximum Gasteiger partial charge on any atom is 0.306 e. The minimum atomic E-state index is -1.13. The van der Waals surface area contributed by atoms with Gasteiger partial charge in [-0.05, 0) is 38.5 Å². The summed E-state index contributed by atoms with van der Waals surface area (Å²) in [4.78, 5) is 36.5. The summed E-state index contributed by atoms with van der Waals surface area (Å²) < 4.78 is 17.0. The van der Waals surface area contributed by atoms with E-state index in [9.17, 15) is 19.5 Å². The van der Waals surface area contributed by atoms with Gasteiger partial charge in [-0.3, -0.25) is 9.59 Å². The van der Waals surface area contributed by atoms with Crippen LogP contribution < -0.4 is 5.11 Å². The van der Waals surface area contributed by atoms with Crippen molar-refractivity contribution in [3.8, 4) is 0 Å². The van der Waals surface area contributed by atoms with Gasteiger partial charge in [0.25, 0.3) is 0 Å². The molecular formula is C38H71NO7. The molecule has 0 N–H and O–H groups in total. The zero-order valence-corrected chi connectivity index (χ0v) is 30.5. The number of carbonyl (C=O) groups is 3. The fourth-order valence-electron chi connectivity index (χ4n) is 5.42. The Bertz CT molecular complexity index is 778. The molecule has 0 aromatic carbocycles. The van der Waals surface area contributed by atoms with Gasteiger partial charge in [0.2, 0.25) is 0 Å². The normalized spacial score (nSPS) is 13.2. The first-order valence-corrected chi connectivity index (χ1v) is 18.7. The van der Waals surface area contributed by atoms with Gasteiger partial charge in [0.15, 0.2) is 6.10 Å². The molecule has 8 nitrogen and oxygen atoms in total. The van der Waals surface area contributed by atoms with Crippen LogP contribution in [0.3, 0.4) is 0 Å². The molecule has 0 aliphatic carbocycles. The van der Waals surface area contributed by atoms with E-state index in [-0.39, 0.29) is 42.7 Å². The number of likely N-dealkylation sites (N-methyl/N-ethyl adjacent to an activating group) is 1. The molecule has 0 heterocycles. The highest BCUT2D eigenvalue weighted by molar-refractivity contribution is 5.70. The van der Waals surface area contributed by atoms with Gasteiger partial charge in [-0.15, -0.1) is 0 Å². The number of unbranched alkanes of at least 4 members (excludes halogenated alkanes) is 17. The van der Waals surface area contributed by atoms with E-state index < -0.39 is 18.1 Å². The van der Waals surface area contributed by atoms with Crippen LogP contribution in [0.2, 0.25) is 0 Å². The minimum absolute atomic E-state index is 0.0418. The summed E-state index contributed by atoms with van der Waals surface area (Å²) in [5.74, 6) is -1.74. The van der Waals surface area contributed by atoms with Crippen LogP contribution in [0.4, 0.5) is 0 Å². The summed E-state index contributed by atoms with van der Waals surface area (Å²) in [6, 6.07) is -0.721. The average molecular weight is 654 g/mol. The van der Waals surface area contributed by atoms with Gasteiger partial charge >= 0.3 is 11.9 Å². The molecule has 0 rings (SSSR count). The number of carboxylic acids is 1.